The van der Waals surface area contributed by atoms with Crippen LogP contribution in [0.15, 0.2) is 73.4 Å². The van der Waals surface area contributed by atoms with Gasteiger partial charge in [0.2, 0.25) is 5.91 Å². The Morgan fingerprint density at radius 2 is 1.95 bits per heavy atom. The number of carbonyl (C=O) groups excluding carboxylic acids is 2. The molecule has 4 heterocycles. The van der Waals surface area contributed by atoms with Crippen molar-refractivity contribution in [2.75, 3.05) is 31.6 Å². The van der Waals surface area contributed by atoms with E-state index < -0.39 is 0 Å². The molecule has 2 amide bonds. The summed E-state index contributed by atoms with van der Waals surface area (Å²) in [4.78, 5) is 40.1. The molecule has 2 aromatic carbocycles. The van der Waals surface area contributed by atoms with E-state index in [4.69, 9.17) is 4.74 Å². The molecule has 1 aliphatic heterocycles. The summed E-state index contributed by atoms with van der Waals surface area (Å²) in [7, 11) is 2.02. The first kappa shape index (κ1) is 25.4. The summed E-state index contributed by atoms with van der Waals surface area (Å²) in [6, 6.07) is 14.0. The monoisotopic (exact) mass is 535 g/mol. The molecule has 0 radical (unpaired) electrons. The Kier molecular flexibility index (Phi) is 6.83. The Morgan fingerprint density at radius 1 is 1.07 bits per heavy atom. The van der Waals surface area contributed by atoms with E-state index in [1.54, 1.807) is 42.7 Å². The Morgan fingerprint density at radius 3 is 2.83 bits per heavy atom. The third kappa shape index (κ3) is 5.08. The SMILES string of the molecule is CC(=O)N1CCOC(CNC(=O)c2ccncc2Nc2cc(-c3ccc4ccn(C)c4c3)c3nccnc3c2)C1. The van der Waals surface area contributed by atoms with Crippen molar-refractivity contribution in [3.8, 4) is 11.1 Å². The van der Waals surface area contributed by atoms with Gasteiger partial charge in [0.05, 0.1) is 41.2 Å². The maximum atomic E-state index is 13.2. The van der Waals surface area contributed by atoms with E-state index in [1.807, 2.05) is 25.4 Å². The van der Waals surface area contributed by atoms with Gasteiger partial charge in [-0.15, -0.1) is 0 Å². The number of ether oxygens (including phenoxy) is 1. The second-order valence-electron chi connectivity index (χ2n) is 9.86. The normalized spacial score (nSPS) is 15.3. The Labute approximate surface area is 231 Å². The van der Waals surface area contributed by atoms with Crippen molar-refractivity contribution in [2.24, 2.45) is 7.05 Å². The highest BCUT2D eigenvalue weighted by atomic mass is 16.5. The van der Waals surface area contributed by atoms with Gasteiger partial charge in [-0.3, -0.25) is 24.5 Å². The molecule has 2 N–H and O–H groups in total. The Balaban J connectivity index is 1.28. The van der Waals surface area contributed by atoms with Crippen LogP contribution >= 0.6 is 0 Å². The molecule has 40 heavy (non-hydrogen) atoms. The van der Waals surface area contributed by atoms with E-state index >= 15 is 0 Å². The first-order valence-corrected chi connectivity index (χ1v) is 13.1. The smallest absolute Gasteiger partial charge is 0.253 e. The molecule has 5 aromatic rings. The van der Waals surface area contributed by atoms with Crippen molar-refractivity contribution in [2.45, 2.75) is 13.0 Å². The molecule has 10 heteroatoms. The van der Waals surface area contributed by atoms with E-state index in [9.17, 15) is 9.59 Å². The second-order valence-corrected chi connectivity index (χ2v) is 9.86. The van der Waals surface area contributed by atoms with Gasteiger partial charge in [-0.25, -0.2) is 0 Å². The fourth-order valence-electron chi connectivity index (χ4n) is 5.08. The Bertz CT molecular complexity index is 1730. The van der Waals surface area contributed by atoms with Crippen LogP contribution in [0.3, 0.4) is 0 Å². The second kappa shape index (κ2) is 10.7. The third-order valence-corrected chi connectivity index (χ3v) is 7.19. The van der Waals surface area contributed by atoms with E-state index in [2.05, 4.69) is 54.4 Å². The van der Waals surface area contributed by atoms with Crippen molar-refractivity contribution in [3.63, 3.8) is 0 Å². The lowest BCUT2D eigenvalue weighted by atomic mass is 10.0. The molecule has 1 saturated heterocycles. The highest BCUT2D eigenvalue weighted by molar-refractivity contribution is 6.01. The van der Waals surface area contributed by atoms with Crippen LogP contribution in [-0.4, -0.2) is 68.6 Å². The molecule has 0 saturated carbocycles. The summed E-state index contributed by atoms with van der Waals surface area (Å²) in [6.45, 7) is 3.30. The number of nitrogens with one attached hydrogen (secondary N) is 2. The lowest BCUT2D eigenvalue weighted by Gasteiger charge is -2.32. The fraction of sp³-hybridized carbons (Fsp3) is 0.233. The summed E-state index contributed by atoms with van der Waals surface area (Å²) < 4.78 is 7.83. The zero-order chi connectivity index (χ0) is 27.6. The predicted molar refractivity (Wildman–Crippen MR) is 153 cm³/mol. The number of pyridine rings is 1. The number of hydrogen-bond acceptors (Lipinski definition) is 7. The minimum Gasteiger partial charge on any atom is -0.373 e. The van der Waals surface area contributed by atoms with Gasteiger partial charge < -0.3 is 24.8 Å². The van der Waals surface area contributed by atoms with Crippen LogP contribution in [0.2, 0.25) is 0 Å². The van der Waals surface area contributed by atoms with E-state index in [0.717, 1.165) is 38.8 Å². The average molecular weight is 536 g/mol. The van der Waals surface area contributed by atoms with Gasteiger partial charge in [0, 0.05) is 75.2 Å². The van der Waals surface area contributed by atoms with Crippen LogP contribution in [0.4, 0.5) is 11.4 Å². The van der Waals surface area contributed by atoms with Crippen LogP contribution < -0.4 is 10.6 Å². The van der Waals surface area contributed by atoms with Crippen LogP contribution in [0.5, 0.6) is 0 Å². The molecule has 6 rings (SSSR count). The lowest BCUT2D eigenvalue weighted by molar-refractivity contribution is -0.136. The van der Waals surface area contributed by atoms with E-state index in [-0.39, 0.29) is 17.9 Å². The van der Waals surface area contributed by atoms with Crippen molar-refractivity contribution < 1.29 is 14.3 Å². The molecule has 10 nitrogen and oxygen atoms in total. The number of carbonyl (C=O) groups is 2. The van der Waals surface area contributed by atoms with Gasteiger partial charge in [-0.05, 0) is 41.3 Å². The minimum atomic E-state index is -0.261. The third-order valence-electron chi connectivity index (χ3n) is 7.19. The summed E-state index contributed by atoms with van der Waals surface area (Å²) in [5.41, 5.74) is 6.33. The number of benzene rings is 2. The van der Waals surface area contributed by atoms with Gasteiger partial charge in [-0.2, -0.15) is 0 Å². The maximum absolute atomic E-state index is 13.2. The average Bonchev–Trinajstić information content (AvgIpc) is 3.35. The molecular formula is C30H29N7O3. The first-order valence-electron chi connectivity index (χ1n) is 13.1. The topological polar surface area (TPSA) is 114 Å². The highest BCUT2D eigenvalue weighted by Gasteiger charge is 2.23. The summed E-state index contributed by atoms with van der Waals surface area (Å²) in [5, 5.41) is 7.49. The van der Waals surface area contributed by atoms with E-state index in [0.29, 0.717) is 37.5 Å². The first-order chi connectivity index (χ1) is 19.5. The molecule has 0 bridgehead atoms. The molecule has 3 aromatic heterocycles. The number of amides is 2. The molecule has 1 unspecified atom stereocenters. The number of aromatic nitrogens is 4. The lowest BCUT2D eigenvalue weighted by Crippen LogP contribution is -2.49. The number of aryl methyl sites for hydroxylation is 1. The molecule has 1 aliphatic rings. The van der Waals surface area contributed by atoms with E-state index in [1.165, 1.54) is 0 Å². The predicted octanol–water partition coefficient (Wildman–Crippen LogP) is 3.90. The molecule has 0 spiro atoms. The number of fused-ring (bicyclic) bond motifs is 2. The fourth-order valence-corrected chi connectivity index (χ4v) is 5.08. The Hall–Kier alpha value is -4.83. The van der Waals surface area contributed by atoms with Gasteiger partial charge in [0.25, 0.3) is 5.91 Å². The molecule has 0 aliphatic carbocycles. The number of nitrogens with zero attached hydrogens (tertiary/aromatic N) is 5. The van der Waals surface area contributed by atoms with Crippen LogP contribution in [-0.2, 0) is 16.6 Å². The van der Waals surface area contributed by atoms with Crippen molar-refractivity contribution >= 4 is 45.1 Å². The summed E-state index contributed by atoms with van der Waals surface area (Å²) >= 11 is 0. The molecule has 1 fully saturated rings. The van der Waals surface area contributed by atoms with Crippen LogP contribution in [0, 0.1) is 0 Å². The van der Waals surface area contributed by atoms with Gasteiger partial charge in [-0.1, -0.05) is 12.1 Å². The number of morpholine rings is 1. The molecular weight excluding hydrogens is 506 g/mol. The standard InChI is InChI=1S/C30H29N7O3/c1-19(38)37-11-12-40-23(18-37)16-34-30(39)24-5-7-31-17-27(24)35-22-14-25(29-26(15-22)32-8-9-33-29)21-4-3-20-6-10-36(2)28(20)13-21/h3-10,13-15,17,23,35H,11-12,16,18H2,1-2H3,(H,34,39). The summed E-state index contributed by atoms with van der Waals surface area (Å²) in [6.07, 6.45) is 8.35. The zero-order valence-corrected chi connectivity index (χ0v) is 22.3. The zero-order valence-electron chi connectivity index (χ0n) is 22.3. The number of anilines is 2. The van der Waals surface area contributed by atoms with Crippen molar-refractivity contribution in [3.05, 3.63) is 79.0 Å². The minimum absolute atomic E-state index is 0.00302. The van der Waals surface area contributed by atoms with Gasteiger partial charge >= 0.3 is 0 Å². The van der Waals surface area contributed by atoms with Crippen LogP contribution in [0.25, 0.3) is 33.1 Å². The number of rotatable bonds is 6. The summed E-state index contributed by atoms with van der Waals surface area (Å²) in [5.74, 6) is -0.258. The quantitative estimate of drug-likeness (QED) is 0.339. The van der Waals surface area contributed by atoms with Gasteiger partial charge in [0.15, 0.2) is 0 Å². The molecule has 1 atom stereocenters. The van der Waals surface area contributed by atoms with Crippen molar-refractivity contribution in [1.82, 2.24) is 29.7 Å². The van der Waals surface area contributed by atoms with Crippen molar-refractivity contribution in [1.29, 1.82) is 0 Å². The van der Waals surface area contributed by atoms with Crippen LogP contribution in [0.1, 0.15) is 17.3 Å². The molecule has 202 valence electrons. The largest absolute Gasteiger partial charge is 0.373 e. The number of hydrogen-bond donors (Lipinski definition) is 2. The maximum Gasteiger partial charge on any atom is 0.253 e. The highest BCUT2D eigenvalue weighted by Crippen LogP contribution is 2.33. The van der Waals surface area contributed by atoms with Gasteiger partial charge in [0.1, 0.15) is 0 Å².